The number of aromatic hydroxyl groups is 1. The van der Waals surface area contributed by atoms with Crippen molar-refractivity contribution < 1.29 is 15.0 Å². The van der Waals surface area contributed by atoms with Gasteiger partial charge in [0.25, 0.3) is 0 Å². The van der Waals surface area contributed by atoms with Crippen LogP contribution in [0.15, 0.2) is 16.6 Å². The predicted octanol–water partition coefficient (Wildman–Crippen LogP) is 1.42. The van der Waals surface area contributed by atoms with Crippen LogP contribution < -0.4 is 5.73 Å². The molecule has 82 valence electrons. The minimum absolute atomic E-state index is 0.130. The number of carboxylic acid groups (broad SMARTS) is 1. The van der Waals surface area contributed by atoms with Gasteiger partial charge in [-0.2, -0.15) is 0 Å². The monoisotopic (exact) mass is 273 g/mol. The molecule has 0 fully saturated rings. The normalized spacial score (nSPS) is 12.5. The van der Waals surface area contributed by atoms with E-state index in [9.17, 15) is 9.90 Å². The smallest absolute Gasteiger partial charge is 0.320 e. The summed E-state index contributed by atoms with van der Waals surface area (Å²) in [5, 5.41) is 18.3. The third-order valence-electron chi connectivity index (χ3n) is 2.15. The highest BCUT2D eigenvalue weighted by atomic mass is 79.9. The summed E-state index contributed by atoms with van der Waals surface area (Å²) in [5.74, 6) is -0.924. The zero-order valence-corrected chi connectivity index (χ0v) is 9.78. The Bertz CT molecular complexity index is 392. The van der Waals surface area contributed by atoms with Crippen molar-refractivity contribution in [3.8, 4) is 5.75 Å². The van der Waals surface area contributed by atoms with Gasteiger partial charge in [0.2, 0.25) is 0 Å². The van der Waals surface area contributed by atoms with Crippen molar-refractivity contribution in [1.29, 1.82) is 0 Å². The van der Waals surface area contributed by atoms with E-state index in [2.05, 4.69) is 15.9 Å². The number of benzene rings is 1. The van der Waals surface area contributed by atoms with E-state index in [4.69, 9.17) is 10.8 Å². The summed E-state index contributed by atoms with van der Waals surface area (Å²) in [7, 11) is 0. The second-order valence-electron chi connectivity index (χ2n) is 3.35. The maximum Gasteiger partial charge on any atom is 0.320 e. The fourth-order valence-corrected chi connectivity index (χ4v) is 1.79. The van der Waals surface area contributed by atoms with E-state index in [1.165, 1.54) is 0 Å². The zero-order chi connectivity index (χ0) is 11.6. The Hall–Kier alpha value is -1.07. The first-order chi connectivity index (χ1) is 6.93. The van der Waals surface area contributed by atoms with Gasteiger partial charge in [-0.1, -0.05) is 12.1 Å². The average Bonchev–Trinajstić information content (AvgIpc) is 2.18. The third-order valence-corrected chi connectivity index (χ3v) is 3.04. The minimum Gasteiger partial charge on any atom is -0.506 e. The van der Waals surface area contributed by atoms with Gasteiger partial charge in [0.05, 0.1) is 4.47 Å². The van der Waals surface area contributed by atoms with E-state index in [0.29, 0.717) is 10.0 Å². The van der Waals surface area contributed by atoms with Gasteiger partial charge in [-0.15, -0.1) is 0 Å². The van der Waals surface area contributed by atoms with Crippen molar-refractivity contribution in [3.05, 3.63) is 27.7 Å². The lowest BCUT2D eigenvalue weighted by Crippen LogP contribution is -2.32. The number of halogens is 1. The van der Waals surface area contributed by atoms with E-state index in [1.54, 1.807) is 19.1 Å². The lowest BCUT2D eigenvalue weighted by atomic mass is 10.0. The lowest BCUT2D eigenvalue weighted by Gasteiger charge is -2.10. The van der Waals surface area contributed by atoms with Gasteiger partial charge in [-0.25, -0.2) is 0 Å². The Morgan fingerprint density at radius 2 is 2.20 bits per heavy atom. The van der Waals surface area contributed by atoms with Crippen LogP contribution in [0, 0.1) is 6.92 Å². The number of phenolic OH excluding ortho intramolecular Hbond substituents is 1. The first-order valence-electron chi connectivity index (χ1n) is 4.38. The molecule has 0 aliphatic rings. The highest BCUT2D eigenvalue weighted by Crippen LogP contribution is 2.31. The molecule has 0 spiro atoms. The summed E-state index contributed by atoms with van der Waals surface area (Å²) >= 11 is 3.21. The van der Waals surface area contributed by atoms with Crippen LogP contribution in [0.4, 0.5) is 0 Å². The molecule has 0 heterocycles. The molecule has 1 rings (SSSR count). The first kappa shape index (κ1) is 12.0. The van der Waals surface area contributed by atoms with Gasteiger partial charge >= 0.3 is 5.97 Å². The van der Waals surface area contributed by atoms with Crippen LogP contribution in [0.5, 0.6) is 5.75 Å². The molecule has 5 heteroatoms. The molecule has 0 aliphatic carbocycles. The van der Waals surface area contributed by atoms with Crippen molar-refractivity contribution in [2.24, 2.45) is 5.73 Å². The second kappa shape index (κ2) is 4.63. The lowest BCUT2D eigenvalue weighted by molar-refractivity contribution is -0.138. The van der Waals surface area contributed by atoms with Crippen LogP contribution in [0.25, 0.3) is 0 Å². The molecular formula is C10H12BrNO3. The number of carbonyl (C=O) groups is 1. The number of hydrogen-bond acceptors (Lipinski definition) is 3. The molecule has 4 nitrogen and oxygen atoms in total. The van der Waals surface area contributed by atoms with E-state index >= 15 is 0 Å². The Kier molecular flexibility index (Phi) is 3.71. The third kappa shape index (κ3) is 2.70. The van der Waals surface area contributed by atoms with Crippen LogP contribution in [-0.4, -0.2) is 22.2 Å². The Morgan fingerprint density at radius 1 is 1.60 bits per heavy atom. The van der Waals surface area contributed by atoms with E-state index < -0.39 is 12.0 Å². The molecule has 0 aromatic heterocycles. The number of aliphatic carboxylic acids is 1. The highest BCUT2D eigenvalue weighted by Gasteiger charge is 2.15. The average molecular weight is 274 g/mol. The van der Waals surface area contributed by atoms with Crippen LogP contribution in [-0.2, 0) is 11.2 Å². The van der Waals surface area contributed by atoms with Gasteiger partial charge in [0, 0.05) is 0 Å². The summed E-state index contributed by atoms with van der Waals surface area (Å²) in [5.41, 5.74) is 6.82. The van der Waals surface area contributed by atoms with Gasteiger partial charge in [-0.3, -0.25) is 4.79 Å². The quantitative estimate of drug-likeness (QED) is 0.778. The molecular weight excluding hydrogens is 262 g/mol. The number of hydrogen-bond donors (Lipinski definition) is 3. The molecule has 1 aromatic rings. The Morgan fingerprint density at radius 3 is 2.73 bits per heavy atom. The van der Waals surface area contributed by atoms with Gasteiger partial charge in [0.15, 0.2) is 0 Å². The maximum absolute atomic E-state index is 10.6. The fraction of sp³-hybridized carbons (Fsp3) is 0.300. The number of aryl methyl sites for hydroxylation is 1. The molecule has 1 aromatic carbocycles. The SMILES string of the molecule is Cc1ccc(CC(N)C(=O)O)c(Br)c1O. The Balaban J connectivity index is 2.97. The van der Waals surface area contributed by atoms with Gasteiger partial charge in [-0.05, 0) is 40.4 Å². The summed E-state index contributed by atoms with van der Waals surface area (Å²) in [6, 6.07) is 2.52. The van der Waals surface area contributed by atoms with Crippen LogP contribution in [0.3, 0.4) is 0 Å². The highest BCUT2D eigenvalue weighted by molar-refractivity contribution is 9.10. The van der Waals surface area contributed by atoms with E-state index in [-0.39, 0.29) is 12.2 Å². The van der Waals surface area contributed by atoms with Gasteiger partial charge in [0.1, 0.15) is 11.8 Å². The topological polar surface area (TPSA) is 83.6 Å². The number of nitrogens with two attached hydrogens (primary N) is 1. The Labute approximate surface area is 95.8 Å². The largest absolute Gasteiger partial charge is 0.506 e. The van der Waals surface area contributed by atoms with Crippen LogP contribution >= 0.6 is 15.9 Å². The molecule has 0 saturated heterocycles. The fourth-order valence-electron chi connectivity index (χ4n) is 1.18. The summed E-state index contributed by atoms with van der Waals surface area (Å²) in [6.45, 7) is 1.76. The molecule has 1 unspecified atom stereocenters. The zero-order valence-electron chi connectivity index (χ0n) is 8.20. The second-order valence-corrected chi connectivity index (χ2v) is 4.15. The number of carboxylic acids is 1. The van der Waals surface area contributed by atoms with Crippen molar-refractivity contribution in [2.75, 3.05) is 0 Å². The summed E-state index contributed by atoms with van der Waals surface area (Å²) in [4.78, 5) is 10.6. The first-order valence-corrected chi connectivity index (χ1v) is 5.18. The van der Waals surface area contributed by atoms with Crippen LogP contribution in [0.2, 0.25) is 0 Å². The molecule has 0 saturated carbocycles. The predicted molar refractivity (Wildman–Crippen MR) is 59.9 cm³/mol. The van der Waals surface area contributed by atoms with Crippen molar-refractivity contribution >= 4 is 21.9 Å². The molecule has 0 bridgehead atoms. The molecule has 0 aliphatic heterocycles. The van der Waals surface area contributed by atoms with E-state index in [0.717, 1.165) is 5.56 Å². The van der Waals surface area contributed by atoms with Crippen LogP contribution in [0.1, 0.15) is 11.1 Å². The molecule has 4 N–H and O–H groups in total. The molecule has 1 atom stereocenters. The molecule has 0 amide bonds. The summed E-state index contributed by atoms with van der Waals surface area (Å²) in [6.07, 6.45) is 0.184. The standard InChI is InChI=1S/C10H12BrNO3/c1-5-2-3-6(8(11)9(5)13)4-7(12)10(14)15/h2-3,7,13H,4,12H2,1H3,(H,14,15). The summed E-state index contributed by atoms with van der Waals surface area (Å²) < 4.78 is 0.513. The number of phenols is 1. The van der Waals surface area contributed by atoms with Crippen molar-refractivity contribution in [3.63, 3.8) is 0 Å². The van der Waals surface area contributed by atoms with E-state index in [1.807, 2.05) is 0 Å². The molecule has 0 radical (unpaired) electrons. The van der Waals surface area contributed by atoms with Crippen molar-refractivity contribution in [2.45, 2.75) is 19.4 Å². The van der Waals surface area contributed by atoms with Crippen molar-refractivity contribution in [1.82, 2.24) is 0 Å². The number of rotatable bonds is 3. The minimum atomic E-state index is -1.05. The maximum atomic E-state index is 10.6. The molecule has 15 heavy (non-hydrogen) atoms. The van der Waals surface area contributed by atoms with Gasteiger partial charge < -0.3 is 15.9 Å².